The van der Waals surface area contributed by atoms with Crippen molar-refractivity contribution >= 4 is 27.5 Å². The normalized spacial score (nSPS) is 11.3. The fraction of sp³-hybridized carbons (Fsp3) is 0.105. The van der Waals surface area contributed by atoms with Crippen molar-refractivity contribution in [1.29, 1.82) is 0 Å². The Labute approximate surface area is 162 Å². The first-order valence-electron chi connectivity index (χ1n) is 8.09. The van der Waals surface area contributed by atoms with Crippen LogP contribution in [0.5, 0.6) is 0 Å². The number of nitrogens with one attached hydrogen (secondary N) is 2. The van der Waals surface area contributed by atoms with Crippen molar-refractivity contribution in [3.63, 3.8) is 0 Å². The summed E-state index contributed by atoms with van der Waals surface area (Å²) in [5, 5.41) is 2.71. The van der Waals surface area contributed by atoms with Gasteiger partial charge in [-0.05, 0) is 35.9 Å². The van der Waals surface area contributed by atoms with Crippen molar-refractivity contribution in [1.82, 2.24) is 10.0 Å². The predicted octanol–water partition coefficient (Wildman–Crippen LogP) is 3.34. The summed E-state index contributed by atoms with van der Waals surface area (Å²) in [5.41, 5.74) is 0.996. The standard InChI is InChI=1S/C19H17ClN2O4S/c20-17-9-8-15(19(23)21-13-16-7-4-10-26-16)11-18(17)27(24,25)22-12-14-5-2-1-3-6-14/h1-11,22H,12-13H2,(H,21,23). The zero-order valence-electron chi connectivity index (χ0n) is 14.2. The number of amides is 1. The zero-order chi connectivity index (χ0) is 19.3. The second-order valence-electron chi connectivity index (χ2n) is 5.72. The molecule has 0 saturated heterocycles. The van der Waals surface area contributed by atoms with Crippen LogP contribution in [0.1, 0.15) is 21.7 Å². The molecule has 0 atom stereocenters. The van der Waals surface area contributed by atoms with Crippen molar-refractivity contribution in [2.75, 3.05) is 0 Å². The summed E-state index contributed by atoms with van der Waals surface area (Å²) in [4.78, 5) is 12.2. The topological polar surface area (TPSA) is 88.4 Å². The lowest BCUT2D eigenvalue weighted by Gasteiger charge is -2.10. The Bertz CT molecular complexity index is 1020. The Hall–Kier alpha value is -2.61. The van der Waals surface area contributed by atoms with E-state index < -0.39 is 15.9 Å². The van der Waals surface area contributed by atoms with Crippen molar-refractivity contribution in [3.05, 3.63) is 88.8 Å². The van der Waals surface area contributed by atoms with Crippen molar-refractivity contribution < 1.29 is 17.6 Å². The van der Waals surface area contributed by atoms with E-state index in [-0.39, 0.29) is 28.6 Å². The summed E-state index contributed by atoms with van der Waals surface area (Å²) in [6, 6.07) is 16.7. The summed E-state index contributed by atoms with van der Waals surface area (Å²) >= 11 is 6.06. The van der Waals surface area contributed by atoms with Gasteiger partial charge in [0, 0.05) is 12.1 Å². The van der Waals surface area contributed by atoms with Crippen LogP contribution in [-0.4, -0.2) is 14.3 Å². The van der Waals surface area contributed by atoms with Crippen LogP contribution in [0.3, 0.4) is 0 Å². The van der Waals surface area contributed by atoms with Crippen molar-refractivity contribution in [2.24, 2.45) is 0 Å². The van der Waals surface area contributed by atoms with E-state index in [1.165, 1.54) is 24.5 Å². The van der Waals surface area contributed by atoms with Gasteiger partial charge in [0.1, 0.15) is 10.7 Å². The van der Waals surface area contributed by atoms with E-state index in [1.54, 1.807) is 12.1 Å². The van der Waals surface area contributed by atoms with Crippen LogP contribution < -0.4 is 10.0 Å². The Morgan fingerprint density at radius 1 is 1.00 bits per heavy atom. The number of furan rings is 1. The Balaban J connectivity index is 1.74. The molecule has 1 heterocycles. The highest BCUT2D eigenvalue weighted by Gasteiger charge is 2.20. The maximum atomic E-state index is 12.6. The number of benzene rings is 2. The zero-order valence-corrected chi connectivity index (χ0v) is 15.8. The van der Waals surface area contributed by atoms with Gasteiger partial charge >= 0.3 is 0 Å². The quantitative estimate of drug-likeness (QED) is 0.632. The molecule has 0 aliphatic carbocycles. The minimum absolute atomic E-state index is 0.0400. The lowest BCUT2D eigenvalue weighted by Crippen LogP contribution is -2.25. The van der Waals surface area contributed by atoms with Gasteiger partial charge in [-0.1, -0.05) is 41.9 Å². The van der Waals surface area contributed by atoms with Crippen LogP contribution in [0, 0.1) is 0 Å². The third-order valence-electron chi connectivity index (χ3n) is 3.80. The lowest BCUT2D eigenvalue weighted by molar-refractivity contribution is 0.0948. The maximum absolute atomic E-state index is 12.6. The molecule has 0 aliphatic heterocycles. The van der Waals surface area contributed by atoms with Gasteiger partial charge in [0.2, 0.25) is 10.0 Å². The molecule has 0 radical (unpaired) electrons. The summed E-state index contributed by atoms with van der Waals surface area (Å²) in [7, 11) is -3.88. The van der Waals surface area contributed by atoms with Gasteiger partial charge in [-0.25, -0.2) is 13.1 Å². The number of rotatable bonds is 7. The number of carbonyl (C=O) groups is 1. The highest BCUT2D eigenvalue weighted by molar-refractivity contribution is 7.89. The minimum atomic E-state index is -3.88. The number of hydrogen-bond donors (Lipinski definition) is 2. The average Bonchev–Trinajstić information content (AvgIpc) is 3.19. The van der Waals surface area contributed by atoms with E-state index in [2.05, 4.69) is 10.0 Å². The van der Waals surface area contributed by atoms with E-state index in [0.717, 1.165) is 5.56 Å². The molecule has 0 spiro atoms. The molecule has 1 amide bonds. The van der Waals surface area contributed by atoms with Gasteiger partial charge in [0.05, 0.1) is 17.8 Å². The second-order valence-corrected chi connectivity index (χ2v) is 7.86. The molecule has 2 aromatic carbocycles. The number of hydrogen-bond acceptors (Lipinski definition) is 4. The molecular formula is C19H17ClN2O4S. The largest absolute Gasteiger partial charge is 0.467 e. The molecule has 140 valence electrons. The smallest absolute Gasteiger partial charge is 0.251 e. The molecule has 27 heavy (non-hydrogen) atoms. The van der Waals surface area contributed by atoms with E-state index in [9.17, 15) is 13.2 Å². The van der Waals surface area contributed by atoms with Crippen LogP contribution in [0.2, 0.25) is 5.02 Å². The number of sulfonamides is 1. The third-order valence-corrected chi connectivity index (χ3v) is 5.68. The first-order chi connectivity index (χ1) is 13.0. The Kier molecular flexibility index (Phi) is 5.95. The van der Waals surface area contributed by atoms with E-state index in [0.29, 0.717) is 5.76 Å². The third kappa shape index (κ3) is 4.97. The van der Waals surface area contributed by atoms with Gasteiger partial charge in [-0.15, -0.1) is 0 Å². The van der Waals surface area contributed by atoms with Gasteiger partial charge in [-0.3, -0.25) is 4.79 Å². The van der Waals surface area contributed by atoms with Gasteiger partial charge in [0.15, 0.2) is 0 Å². The predicted molar refractivity (Wildman–Crippen MR) is 102 cm³/mol. The summed E-state index contributed by atoms with van der Waals surface area (Å²) in [6.45, 7) is 0.317. The molecular weight excluding hydrogens is 388 g/mol. The fourth-order valence-electron chi connectivity index (χ4n) is 2.39. The summed E-state index contributed by atoms with van der Waals surface area (Å²) < 4.78 is 32.9. The summed E-state index contributed by atoms with van der Waals surface area (Å²) in [6.07, 6.45) is 1.51. The summed E-state index contributed by atoms with van der Waals surface area (Å²) in [5.74, 6) is 0.164. The van der Waals surface area contributed by atoms with Crippen LogP contribution in [0.4, 0.5) is 0 Å². The molecule has 2 N–H and O–H groups in total. The monoisotopic (exact) mass is 404 g/mol. The number of halogens is 1. The van der Waals surface area contributed by atoms with Gasteiger partial charge < -0.3 is 9.73 Å². The molecule has 3 rings (SSSR count). The van der Waals surface area contributed by atoms with Crippen LogP contribution in [-0.2, 0) is 23.1 Å². The molecule has 1 aromatic heterocycles. The van der Waals surface area contributed by atoms with Gasteiger partial charge in [-0.2, -0.15) is 0 Å². The molecule has 0 fully saturated rings. The lowest BCUT2D eigenvalue weighted by atomic mass is 10.2. The van der Waals surface area contributed by atoms with Crippen LogP contribution in [0.25, 0.3) is 0 Å². The average molecular weight is 405 g/mol. The molecule has 0 unspecified atom stereocenters. The highest BCUT2D eigenvalue weighted by Crippen LogP contribution is 2.23. The minimum Gasteiger partial charge on any atom is -0.467 e. The van der Waals surface area contributed by atoms with E-state index >= 15 is 0 Å². The van der Waals surface area contributed by atoms with Gasteiger partial charge in [0.25, 0.3) is 5.91 Å². The molecule has 0 aliphatic rings. The van der Waals surface area contributed by atoms with Crippen LogP contribution >= 0.6 is 11.6 Å². The molecule has 8 heteroatoms. The van der Waals surface area contributed by atoms with Crippen LogP contribution in [0.15, 0.2) is 76.2 Å². The molecule has 0 saturated carbocycles. The molecule has 0 bridgehead atoms. The number of carbonyl (C=O) groups excluding carboxylic acids is 1. The first kappa shape index (κ1) is 19.2. The van der Waals surface area contributed by atoms with E-state index in [4.69, 9.17) is 16.0 Å². The fourth-order valence-corrected chi connectivity index (χ4v) is 3.93. The maximum Gasteiger partial charge on any atom is 0.251 e. The van der Waals surface area contributed by atoms with Crippen molar-refractivity contribution in [2.45, 2.75) is 18.0 Å². The van der Waals surface area contributed by atoms with Crippen molar-refractivity contribution in [3.8, 4) is 0 Å². The Morgan fingerprint density at radius 2 is 1.78 bits per heavy atom. The molecule has 3 aromatic rings. The highest BCUT2D eigenvalue weighted by atomic mass is 35.5. The SMILES string of the molecule is O=C(NCc1ccco1)c1ccc(Cl)c(S(=O)(=O)NCc2ccccc2)c1. The second kappa shape index (κ2) is 8.39. The molecule has 6 nitrogen and oxygen atoms in total. The first-order valence-corrected chi connectivity index (χ1v) is 9.95. The van der Waals surface area contributed by atoms with E-state index in [1.807, 2.05) is 30.3 Å². The Morgan fingerprint density at radius 3 is 2.48 bits per heavy atom.